The van der Waals surface area contributed by atoms with Gasteiger partial charge in [-0.05, 0) is 17.2 Å². The van der Waals surface area contributed by atoms with Gasteiger partial charge in [-0.1, -0.05) is 48.5 Å². The Morgan fingerprint density at radius 3 is 2.53 bits per heavy atom. The van der Waals surface area contributed by atoms with E-state index in [1.54, 1.807) is 0 Å². The van der Waals surface area contributed by atoms with Gasteiger partial charge in [0.2, 0.25) is 0 Å². The van der Waals surface area contributed by atoms with E-state index >= 15 is 0 Å². The minimum atomic E-state index is 0.148. The largest absolute Gasteiger partial charge is 0.365 e. The Morgan fingerprint density at radius 2 is 1.71 bits per heavy atom. The molecule has 1 aliphatic heterocycles. The number of nitrogens with zero attached hydrogens (tertiary/aromatic N) is 1. The minimum absolute atomic E-state index is 0.148. The van der Waals surface area contributed by atoms with E-state index in [4.69, 9.17) is 5.73 Å². The minimum Gasteiger partial charge on any atom is -0.365 e. The zero-order valence-corrected chi connectivity index (χ0v) is 9.71. The van der Waals surface area contributed by atoms with E-state index in [0.29, 0.717) is 0 Å². The third-order valence-electron chi connectivity index (χ3n) is 3.31. The summed E-state index contributed by atoms with van der Waals surface area (Å²) in [5.74, 6) is 0. The fourth-order valence-electron chi connectivity index (χ4n) is 2.48. The van der Waals surface area contributed by atoms with Crippen molar-refractivity contribution in [2.45, 2.75) is 12.6 Å². The molecule has 3 rings (SSSR count). The van der Waals surface area contributed by atoms with Gasteiger partial charge in [0.15, 0.2) is 0 Å². The zero-order chi connectivity index (χ0) is 11.7. The van der Waals surface area contributed by atoms with Gasteiger partial charge in [-0.3, -0.25) is 0 Å². The van der Waals surface area contributed by atoms with Gasteiger partial charge in [0.25, 0.3) is 0 Å². The predicted molar refractivity (Wildman–Crippen MR) is 70.9 cm³/mol. The zero-order valence-electron chi connectivity index (χ0n) is 9.71. The molecule has 0 saturated heterocycles. The molecule has 2 aromatic carbocycles. The lowest BCUT2D eigenvalue weighted by Crippen LogP contribution is -2.23. The standard InChI is InChI=1S/C15H16N2/c16-14-11-17(10-12-6-2-1-3-7-12)15-9-5-4-8-13(14)15/h1-9,14H,10-11,16H2/t14-/m0/s1. The Balaban J connectivity index is 1.87. The van der Waals surface area contributed by atoms with E-state index in [1.165, 1.54) is 16.8 Å². The molecule has 0 bridgehead atoms. The SMILES string of the molecule is N[C@H]1CN(Cc2ccccc2)c2ccccc21. The highest BCUT2D eigenvalue weighted by molar-refractivity contribution is 5.59. The van der Waals surface area contributed by atoms with Crippen molar-refractivity contribution in [2.75, 3.05) is 11.4 Å². The van der Waals surface area contributed by atoms with E-state index in [9.17, 15) is 0 Å². The highest BCUT2D eigenvalue weighted by Gasteiger charge is 2.24. The fourth-order valence-corrected chi connectivity index (χ4v) is 2.48. The van der Waals surface area contributed by atoms with Crippen LogP contribution in [-0.4, -0.2) is 6.54 Å². The molecule has 2 aromatic rings. The normalized spacial score (nSPS) is 18.2. The van der Waals surface area contributed by atoms with E-state index < -0.39 is 0 Å². The van der Waals surface area contributed by atoms with Gasteiger partial charge < -0.3 is 10.6 Å². The van der Waals surface area contributed by atoms with Crippen LogP contribution in [0.1, 0.15) is 17.2 Å². The van der Waals surface area contributed by atoms with Crippen molar-refractivity contribution in [2.24, 2.45) is 5.73 Å². The Labute approximate surface area is 102 Å². The molecule has 0 aromatic heterocycles. The first kappa shape index (κ1) is 10.4. The van der Waals surface area contributed by atoms with Crippen LogP contribution in [0.3, 0.4) is 0 Å². The van der Waals surface area contributed by atoms with Crippen molar-refractivity contribution < 1.29 is 0 Å². The third-order valence-corrected chi connectivity index (χ3v) is 3.31. The topological polar surface area (TPSA) is 29.3 Å². The summed E-state index contributed by atoms with van der Waals surface area (Å²) in [7, 11) is 0. The number of nitrogens with two attached hydrogens (primary N) is 1. The quantitative estimate of drug-likeness (QED) is 0.849. The van der Waals surface area contributed by atoms with Crippen molar-refractivity contribution in [1.82, 2.24) is 0 Å². The summed E-state index contributed by atoms with van der Waals surface area (Å²) in [6, 6.07) is 19.1. The summed E-state index contributed by atoms with van der Waals surface area (Å²) in [6.07, 6.45) is 0. The Hall–Kier alpha value is -1.80. The maximum absolute atomic E-state index is 6.15. The molecule has 17 heavy (non-hydrogen) atoms. The first-order chi connectivity index (χ1) is 8.34. The van der Waals surface area contributed by atoms with Gasteiger partial charge >= 0.3 is 0 Å². The number of benzene rings is 2. The number of hydrogen-bond donors (Lipinski definition) is 1. The van der Waals surface area contributed by atoms with Crippen molar-refractivity contribution in [3.8, 4) is 0 Å². The molecule has 1 aliphatic rings. The summed E-state index contributed by atoms with van der Waals surface area (Å²) in [4.78, 5) is 2.36. The maximum atomic E-state index is 6.15. The van der Waals surface area contributed by atoms with Gasteiger partial charge in [-0.2, -0.15) is 0 Å². The van der Waals surface area contributed by atoms with Gasteiger partial charge in [-0.15, -0.1) is 0 Å². The van der Waals surface area contributed by atoms with Crippen LogP contribution in [0.5, 0.6) is 0 Å². The van der Waals surface area contributed by atoms with E-state index in [-0.39, 0.29) is 6.04 Å². The van der Waals surface area contributed by atoms with Crippen LogP contribution in [0.4, 0.5) is 5.69 Å². The molecule has 1 heterocycles. The van der Waals surface area contributed by atoms with Crippen LogP contribution < -0.4 is 10.6 Å². The lowest BCUT2D eigenvalue weighted by molar-refractivity contribution is 0.720. The van der Waals surface area contributed by atoms with E-state index in [2.05, 4.69) is 53.4 Å². The van der Waals surface area contributed by atoms with Crippen molar-refractivity contribution >= 4 is 5.69 Å². The number of rotatable bonds is 2. The molecule has 86 valence electrons. The lowest BCUT2D eigenvalue weighted by Gasteiger charge is -2.19. The molecule has 0 unspecified atom stereocenters. The second kappa shape index (κ2) is 4.22. The second-order valence-electron chi connectivity index (χ2n) is 4.53. The molecule has 0 spiro atoms. The fraction of sp³-hybridized carbons (Fsp3) is 0.200. The monoisotopic (exact) mass is 224 g/mol. The number of hydrogen-bond acceptors (Lipinski definition) is 2. The molecule has 0 radical (unpaired) electrons. The van der Waals surface area contributed by atoms with Crippen molar-refractivity contribution in [3.05, 3.63) is 65.7 Å². The number of fused-ring (bicyclic) bond motifs is 1. The molecule has 0 aliphatic carbocycles. The summed E-state index contributed by atoms with van der Waals surface area (Å²) in [6.45, 7) is 1.85. The average Bonchev–Trinajstić information content (AvgIpc) is 2.69. The molecule has 2 N–H and O–H groups in total. The van der Waals surface area contributed by atoms with Crippen LogP contribution in [-0.2, 0) is 6.54 Å². The third kappa shape index (κ3) is 1.92. The number of para-hydroxylation sites is 1. The Morgan fingerprint density at radius 1 is 1.00 bits per heavy atom. The molecule has 0 saturated carbocycles. The number of anilines is 1. The summed E-state index contributed by atoms with van der Waals surface area (Å²) in [5.41, 5.74) is 10.0. The maximum Gasteiger partial charge on any atom is 0.0493 e. The van der Waals surface area contributed by atoms with E-state index in [1.807, 2.05) is 6.07 Å². The molecule has 2 heteroatoms. The highest BCUT2D eigenvalue weighted by atomic mass is 15.2. The molecule has 1 atom stereocenters. The Bertz CT molecular complexity index is 507. The molecular formula is C15H16N2. The average molecular weight is 224 g/mol. The van der Waals surface area contributed by atoms with Crippen molar-refractivity contribution in [3.63, 3.8) is 0 Å². The molecule has 0 fully saturated rings. The Kier molecular flexibility index (Phi) is 2.57. The van der Waals surface area contributed by atoms with Crippen molar-refractivity contribution in [1.29, 1.82) is 0 Å². The van der Waals surface area contributed by atoms with E-state index in [0.717, 1.165) is 13.1 Å². The van der Waals surface area contributed by atoms with Gasteiger partial charge in [0.1, 0.15) is 0 Å². The molecule has 0 amide bonds. The van der Waals surface area contributed by atoms with Crippen LogP contribution >= 0.6 is 0 Å². The van der Waals surface area contributed by atoms with Crippen LogP contribution in [0.15, 0.2) is 54.6 Å². The van der Waals surface area contributed by atoms with Gasteiger partial charge in [0, 0.05) is 24.8 Å². The second-order valence-corrected chi connectivity index (χ2v) is 4.53. The smallest absolute Gasteiger partial charge is 0.0493 e. The summed E-state index contributed by atoms with van der Waals surface area (Å²) >= 11 is 0. The first-order valence-corrected chi connectivity index (χ1v) is 5.98. The van der Waals surface area contributed by atoms with Crippen LogP contribution in [0.2, 0.25) is 0 Å². The molecular weight excluding hydrogens is 208 g/mol. The lowest BCUT2D eigenvalue weighted by atomic mass is 10.1. The van der Waals surface area contributed by atoms with Crippen LogP contribution in [0.25, 0.3) is 0 Å². The summed E-state index contributed by atoms with van der Waals surface area (Å²) in [5, 5.41) is 0. The summed E-state index contributed by atoms with van der Waals surface area (Å²) < 4.78 is 0. The van der Waals surface area contributed by atoms with Gasteiger partial charge in [-0.25, -0.2) is 0 Å². The van der Waals surface area contributed by atoms with Gasteiger partial charge in [0.05, 0.1) is 0 Å². The van der Waals surface area contributed by atoms with Crippen LogP contribution in [0, 0.1) is 0 Å². The first-order valence-electron chi connectivity index (χ1n) is 5.98. The predicted octanol–water partition coefficient (Wildman–Crippen LogP) is 2.71. The highest BCUT2D eigenvalue weighted by Crippen LogP contribution is 2.33. The molecule has 2 nitrogen and oxygen atoms in total.